The summed E-state index contributed by atoms with van der Waals surface area (Å²) in [6.07, 6.45) is 8.07. The fourth-order valence-corrected chi connectivity index (χ4v) is 11.7. The van der Waals surface area contributed by atoms with Crippen molar-refractivity contribution in [2.24, 2.45) is 0 Å². The van der Waals surface area contributed by atoms with Gasteiger partial charge in [-0.05, 0) is 129 Å². The van der Waals surface area contributed by atoms with Crippen molar-refractivity contribution in [3.8, 4) is 28.0 Å². The van der Waals surface area contributed by atoms with Gasteiger partial charge >= 0.3 is 0 Å². The number of rotatable bonds is 5. The lowest BCUT2D eigenvalue weighted by atomic mass is 9.67. The molecular weight excluding hydrogens is 765 g/mol. The molecule has 0 aromatic heterocycles. The molecule has 1 fully saturated rings. The van der Waals surface area contributed by atoms with Gasteiger partial charge in [0.15, 0.2) is 5.60 Å². The van der Waals surface area contributed by atoms with Gasteiger partial charge in [-0.15, -0.1) is 0 Å². The van der Waals surface area contributed by atoms with Crippen LogP contribution in [-0.4, -0.2) is 13.1 Å². The summed E-state index contributed by atoms with van der Waals surface area (Å²) in [5, 5.41) is 1.58. The molecule has 0 radical (unpaired) electrons. The zero-order valence-electron chi connectivity index (χ0n) is 34.9. The molecule has 0 N–H and O–H groups in total. The smallest absolute Gasteiger partial charge is 0.178 e. The highest BCUT2D eigenvalue weighted by Crippen LogP contribution is 2.60. The van der Waals surface area contributed by atoms with E-state index >= 15 is 8.78 Å². The van der Waals surface area contributed by atoms with E-state index in [0.29, 0.717) is 11.1 Å². The molecule has 12 rings (SSSR count). The van der Waals surface area contributed by atoms with Gasteiger partial charge in [0.1, 0.15) is 17.4 Å². The minimum atomic E-state index is -1.11. The molecule has 8 aromatic rings. The van der Waals surface area contributed by atoms with E-state index in [1.54, 1.807) is 12.1 Å². The second-order valence-corrected chi connectivity index (χ2v) is 18.1. The van der Waals surface area contributed by atoms with E-state index in [1.165, 1.54) is 70.5 Å². The van der Waals surface area contributed by atoms with Gasteiger partial charge in [-0.1, -0.05) is 141 Å². The van der Waals surface area contributed by atoms with Gasteiger partial charge in [0.2, 0.25) is 0 Å². The third-order valence-electron chi connectivity index (χ3n) is 14.5. The van der Waals surface area contributed by atoms with Crippen LogP contribution in [-0.2, 0) is 16.4 Å². The van der Waals surface area contributed by atoms with E-state index in [9.17, 15) is 0 Å². The summed E-state index contributed by atoms with van der Waals surface area (Å²) in [6, 6.07) is 56.4. The summed E-state index contributed by atoms with van der Waals surface area (Å²) in [7, 11) is 0. The molecule has 2 nitrogen and oxygen atoms in total. The Morgan fingerprint density at radius 2 is 1.15 bits per heavy atom. The van der Waals surface area contributed by atoms with Crippen LogP contribution >= 0.6 is 0 Å². The van der Waals surface area contributed by atoms with Crippen LogP contribution in [0.4, 0.5) is 14.5 Å². The first-order valence-corrected chi connectivity index (χ1v) is 22.0. The molecule has 1 atom stereocenters. The lowest BCUT2D eigenvalue weighted by Crippen LogP contribution is -2.36. The molecule has 1 saturated heterocycles. The first kappa shape index (κ1) is 37.0. The summed E-state index contributed by atoms with van der Waals surface area (Å²) in [5.74, 6) is 0.0218. The molecule has 8 aromatic carbocycles. The maximum absolute atomic E-state index is 15.7. The van der Waals surface area contributed by atoms with E-state index in [2.05, 4.69) is 158 Å². The molecule has 2 aliphatic carbocycles. The van der Waals surface area contributed by atoms with Crippen molar-refractivity contribution in [3.63, 3.8) is 0 Å². The Bertz CT molecular complexity index is 3090. The number of hydrogen-bond acceptors (Lipinski definition) is 2. The van der Waals surface area contributed by atoms with Crippen molar-refractivity contribution in [1.82, 2.24) is 0 Å². The van der Waals surface area contributed by atoms with Crippen LogP contribution in [0.15, 0.2) is 170 Å². The number of halogens is 2. The van der Waals surface area contributed by atoms with Crippen LogP contribution in [0.2, 0.25) is 0 Å². The Hall–Kier alpha value is -6.78. The Morgan fingerprint density at radius 3 is 1.89 bits per heavy atom. The quantitative estimate of drug-likeness (QED) is 0.172. The minimum Gasteiger partial charge on any atom is -0.472 e. The number of hydrogen-bond donors (Lipinski definition) is 0. The number of fused-ring (bicyclic) bond motifs is 11. The fraction of sp³-hybridized carbons (Fsp3) is 0.172. The average Bonchev–Trinajstić information content (AvgIpc) is 3.75. The van der Waals surface area contributed by atoms with Crippen LogP contribution in [0.1, 0.15) is 83.2 Å². The van der Waals surface area contributed by atoms with Gasteiger partial charge in [-0.3, -0.25) is 0 Å². The number of benzene rings is 8. The molecule has 302 valence electrons. The van der Waals surface area contributed by atoms with Crippen molar-refractivity contribution in [3.05, 3.63) is 232 Å². The van der Waals surface area contributed by atoms with Crippen LogP contribution in [0.25, 0.3) is 39.1 Å². The predicted octanol–water partition coefficient (Wildman–Crippen LogP) is 14.1. The number of ether oxygens (including phenoxy) is 1. The van der Waals surface area contributed by atoms with Gasteiger partial charge in [0, 0.05) is 46.3 Å². The van der Waals surface area contributed by atoms with Gasteiger partial charge < -0.3 is 9.64 Å². The molecule has 0 spiro atoms. The highest BCUT2D eigenvalue weighted by molar-refractivity contribution is 6.08. The largest absolute Gasteiger partial charge is 0.472 e. The number of nitrogens with zero attached hydrogens (tertiary/aromatic N) is 1. The number of anilines is 1. The monoisotopic (exact) mass is 809 g/mol. The van der Waals surface area contributed by atoms with Gasteiger partial charge in [0.05, 0.1) is 5.41 Å². The Kier molecular flexibility index (Phi) is 8.13. The molecule has 2 aliphatic heterocycles. The van der Waals surface area contributed by atoms with Crippen LogP contribution < -0.4 is 9.64 Å². The summed E-state index contributed by atoms with van der Waals surface area (Å²) in [4.78, 5) is 2.48. The number of piperidine rings is 1. The third kappa shape index (κ3) is 5.13. The molecule has 4 heteroatoms. The molecule has 62 heavy (non-hydrogen) atoms. The molecule has 1 unspecified atom stereocenters. The van der Waals surface area contributed by atoms with E-state index in [4.69, 9.17) is 4.74 Å². The SMILES string of the molecule is CC1(C)c2cc(F)ccc2-c2c1c1c(c3cc(F)ccc23)OC(c2ccc(N3CCCCC3)cc2)(c2ccc3c(c2)C(c2ccccc2)(c2ccccc2)c2ccccc2-3)C=C1. The summed E-state index contributed by atoms with van der Waals surface area (Å²) >= 11 is 0. The molecule has 4 aliphatic rings. The highest BCUT2D eigenvalue weighted by atomic mass is 19.1. The Balaban J connectivity index is 1.13. The standard InChI is InChI=1S/C58H45F2NO/c1-56(2)51-36-42(60)24-29-47(51)53-46-28-23-41(59)35-49(46)55-48(54(53)56)30-31-57(62-55,37-20-25-43(26-21-37)61-32-12-5-13-33-61)40-22-27-45-44-18-10-11-19-50(44)58(52(45)34-40,38-14-6-3-7-15-38)39-16-8-4-9-17-39/h3-4,6-11,14-31,34-36H,5,12-13,32-33H2,1-2H3. The van der Waals surface area contributed by atoms with Crippen molar-refractivity contribution in [2.75, 3.05) is 18.0 Å². The van der Waals surface area contributed by atoms with Gasteiger partial charge in [0.25, 0.3) is 0 Å². The average molecular weight is 810 g/mol. The van der Waals surface area contributed by atoms with E-state index in [1.807, 2.05) is 12.1 Å². The topological polar surface area (TPSA) is 12.5 Å². The second kappa shape index (κ2) is 13.6. The second-order valence-electron chi connectivity index (χ2n) is 18.1. The van der Waals surface area contributed by atoms with Crippen molar-refractivity contribution in [2.45, 2.75) is 49.5 Å². The fourth-order valence-electron chi connectivity index (χ4n) is 11.7. The summed E-state index contributed by atoms with van der Waals surface area (Å²) < 4.78 is 38.5. The van der Waals surface area contributed by atoms with Crippen molar-refractivity contribution < 1.29 is 13.5 Å². The van der Waals surface area contributed by atoms with Crippen LogP contribution in [0.3, 0.4) is 0 Å². The normalized spacial score (nSPS) is 18.7. The van der Waals surface area contributed by atoms with Crippen LogP contribution in [0.5, 0.6) is 5.75 Å². The van der Waals surface area contributed by atoms with Gasteiger partial charge in [-0.2, -0.15) is 0 Å². The zero-order valence-corrected chi connectivity index (χ0v) is 34.9. The maximum Gasteiger partial charge on any atom is 0.178 e. The Labute approximate surface area is 361 Å². The van der Waals surface area contributed by atoms with Gasteiger partial charge in [-0.25, -0.2) is 8.78 Å². The van der Waals surface area contributed by atoms with Crippen LogP contribution in [0, 0.1) is 11.6 Å². The molecular formula is C58H45F2NO. The van der Waals surface area contributed by atoms with E-state index in [0.717, 1.165) is 57.4 Å². The van der Waals surface area contributed by atoms with E-state index in [-0.39, 0.29) is 11.6 Å². The first-order valence-electron chi connectivity index (χ1n) is 22.0. The lowest BCUT2D eigenvalue weighted by molar-refractivity contribution is 0.163. The summed E-state index contributed by atoms with van der Waals surface area (Å²) in [5.41, 5.74) is 13.0. The third-order valence-corrected chi connectivity index (χ3v) is 14.5. The maximum atomic E-state index is 15.7. The van der Waals surface area contributed by atoms with Crippen molar-refractivity contribution >= 4 is 22.5 Å². The highest BCUT2D eigenvalue weighted by Gasteiger charge is 2.49. The predicted molar refractivity (Wildman–Crippen MR) is 248 cm³/mol. The van der Waals surface area contributed by atoms with Crippen molar-refractivity contribution in [1.29, 1.82) is 0 Å². The zero-order chi connectivity index (χ0) is 41.8. The minimum absolute atomic E-state index is 0.270. The first-order chi connectivity index (χ1) is 30.3. The molecule has 0 bridgehead atoms. The molecule has 0 amide bonds. The molecule has 0 saturated carbocycles. The summed E-state index contributed by atoms with van der Waals surface area (Å²) in [6.45, 7) is 6.41. The lowest BCUT2D eigenvalue weighted by Gasteiger charge is -2.40. The molecule has 2 heterocycles. The Morgan fingerprint density at radius 1 is 0.516 bits per heavy atom. The van der Waals surface area contributed by atoms with E-state index < -0.39 is 16.4 Å².